The summed E-state index contributed by atoms with van der Waals surface area (Å²) in [6.07, 6.45) is 0.502. The molecule has 0 fully saturated rings. The summed E-state index contributed by atoms with van der Waals surface area (Å²) in [5.74, 6) is 0. The predicted octanol–water partition coefficient (Wildman–Crippen LogP) is 0.942. The molecular formula is C10H14N2O3S. The molecule has 0 atom stereocenters. The third-order valence-electron chi connectivity index (χ3n) is 1.76. The smallest absolute Gasteiger partial charge is 0.240 e. The summed E-state index contributed by atoms with van der Waals surface area (Å²) >= 11 is 0. The lowest BCUT2D eigenvalue weighted by molar-refractivity contribution is -0.105. The zero-order valence-corrected chi connectivity index (χ0v) is 9.91. The Bertz CT molecular complexity index is 469. The van der Waals surface area contributed by atoms with Crippen LogP contribution < -0.4 is 10.0 Å². The zero-order valence-electron chi connectivity index (χ0n) is 9.10. The zero-order chi connectivity index (χ0) is 12.2. The number of anilines is 1. The van der Waals surface area contributed by atoms with E-state index in [0.29, 0.717) is 12.1 Å². The summed E-state index contributed by atoms with van der Waals surface area (Å²) in [4.78, 5) is 10.4. The Morgan fingerprint density at radius 2 is 2.00 bits per heavy atom. The van der Waals surface area contributed by atoms with Gasteiger partial charge in [0.25, 0.3) is 0 Å². The van der Waals surface area contributed by atoms with Crippen molar-refractivity contribution in [2.45, 2.75) is 24.8 Å². The van der Waals surface area contributed by atoms with Gasteiger partial charge in [0.2, 0.25) is 16.4 Å². The average molecular weight is 242 g/mol. The number of carbonyl (C=O) groups excluding carboxylic acids is 1. The van der Waals surface area contributed by atoms with Gasteiger partial charge in [0, 0.05) is 11.7 Å². The second-order valence-corrected chi connectivity index (χ2v) is 5.28. The van der Waals surface area contributed by atoms with Crippen LogP contribution in [0.15, 0.2) is 29.2 Å². The van der Waals surface area contributed by atoms with Gasteiger partial charge in [-0.25, -0.2) is 13.1 Å². The molecule has 0 unspecified atom stereocenters. The van der Waals surface area contributed by atoms with Crippen molar-refractivity contribution in [1.29, 1.82) is 0 Å². The Morgan fingerprint density at radius 1 is 1.31 bits per heavy atom. The standard InChI is InChI=1S/C10H14N2O3S/c1-8(2)12-16(14,15)10-5-3-4-9(6-10)11-7-13/h3-8,12H,1-2H3,(H,11,13). The molecule has 2 N–H and O–H groups in total. The highest BCUT2D eigenvalue weighted by molar-refractivity contribution is 7.89. The third-order valence-corrected chi connectivity index (χ3v) is 3.42. The van der Waals surface area contributed by atoms with Gasteiger partial charge in [0.05, 0.1) is 4.90 Å². The van der Waals surface area contributed by atoms with Gasteiger partial charge in [0.1, 0.15) is 0 Å². The number of sulfonamides is 1. The van der Waals surface area contributed by atoms with Crippen molar-refractivity contribution in [2.24, 2.45) is 0 Å². The lowest BCUT2D eigenvalue weighted by Gasteiger charge is -2.10. The molecule has 0 spiro atoms. The van der Waals surface area contributed by atoms with Crippen molar-refractivity contribution in [3.05, 3.63) is 24.3 Å². The monoisotopic (exact) mass is 242 g/mol. The van der Waals surface area contributed by atoms with E-state index in [-0.39, 0.29) is 10.9 Å². The second kappa shape index (κ2) is 5.09. The molecule has 1 rings (SSSR count). The lowest BCUT2D eigenvalue weighted by atomic mass is 10.3. The van der Waals surface area contributed by atoms with Crippen LogP contribution >= 0.6 is 0 Å². The highest BCUT2D eigenvalue weighted by Gasteiger charge is 2.15. The Hall–Kier alpha value is -1.40. The third kappa shape index (κ3) is 3.32. The number of benzene rings is 1. The quantitative estimate of drug-likeness (QED) is 0.755. The molecule has 1 aromatic carbocycles. The molecular weight excluding hydrogens is 228 g/mol. The molecule has 1 aromatic rings. The molecule has 16 heavy (non-hydrogen) atoms. The van der Waals surface area contributed by atoms with Gasteiger partial charge in [-0.3, -0.25) is 4.79 Å². The molecule has 1 amide bonds. The fourth-order valence-corrected chi connectivity index (χ4v) is 2.50. The number of rotatable bonds is 5. The van der Waals surface area contributed by atoms with Crippen molar-refractivity contribution in [3.63, 3.8) is 0 Å². The Kier molecular flexibility index (Phi) is 4.03. The Labute approximate surface area is 94.9 Å². The number of amides is 1. The summed E-state index contributed by atoms with van der Waals surface area (Å²) in [5.41, 5.74) is 0.446. The lowest BCUT2D eigenvalue weighted by Crippen LogP contribution is -2.30. The number of carbonyl (C=O) groups is 1. The first kappa shape index (κ1) is 12.7. The molecule has 6 heteroatoms. The first-order valence-corrected chi connectivity index (χ1v) is 6.26. The van der Waals surface area contributed by atoms with Gasteiger partial charge in [-0.1, -0.05) is 6.07 Å². The van der Waals surface area contributed by atoms with Gasteiger partial charge in [-0.2, -0.15) is 0 Å². The average Bonchev–Trinajstić information content (AvgIpc) is 2.16. The van der Waals surface area contributed by atoms with E-state index in [1.54, 1.807) is 26.0 Å². The Balaban J connectivity index is 3.03. The highest BCUT2D eigenvalue weighted by atomic mass is 32.2. The van der Waals surface area contributed by atoms with Gasteiger partial charge >= 0.3 is 0 Å². The van der Waals surface area contributed by atoms with Crippen LogP contribution in [0.2, 0.25) is 0 Å². The second-order valence-electron chi connectivity index (χ2n) is 3.57. The molecule has 5 nitrogen and oxygen atoms in total. The summed E-state index contributed by atoms with van der Waals surface area (Å²) < 4.78 is 26.0. The normalized spacial score (nSPS) is 11.4. The minimum Gasteiger partial charge on any atom is -0.329 e. The van der Waals surface area contributed by atoms with E-state index in [4.69, 9.17) is 0 Å². The van der Waals surface area contributed by atoms with E-state index in [1.807, 2.05) is 0 Å². The summed E-state index contributed by atoms with van der Waals surface area (Å²) in [6, 6.07) is 5.89. The number of nitrogens with one attached hydrogen (secondary N) is 2. The first-order chi connectivity index (χ1) is 7.45. The highest BCUT2D eigenvalue weighted by Crippen LogP contribution is 2.14. The van der Waals surface area contributed by atoms with Crippen LogP contribution in [0.5, 0.6) is 0 Å². The fraction of sp³-hybridized carbons (Fsp3) is 0.300. The SMILES string of the molecule is CC(C)NS(=O)(=O)c1cccc(NC=O)c1. The molecule has 0 aliphatic rings. The maximum Gasteiger partial charge on any atom is 0.240 e. The number of hydrogen-bond acceptors (Lipinski definition) is 3. The van der Waals surface area contributed by atoms with Crippen LogP contribution in [0.3, 0.4) is 0 Å². The maximum atomic E-state index is 11.8. The van der Waals surface area contributed by atoms with Crippen molar-refractivity contribution >= 4 is 22.1 Å². The Morgan fingerprint density at radius 3 is 2.56 bits per heavy atom. The van der Waals surface area contributed by atoms with E-state index in [9.17, 15) is 13.2 Å². The van der Waals surface area contributed by atoms with Gasteiger partial charge in [-0.15, -0.1) is 0 Å². The molecule has 0 heterocycles. The fourth-order valence-electron chi connectivity index (χ4n) is 1.20. The van der Waals surface area contributed by atoms with Gasteiger partial charge in [0.15, 0.2) is 0 Å². The molecule has 0 bridgehead atoms. The van der Waals surface area contributed by atoms with E-state index >= 15 is 0 Å². The maximum absolute atomic E-state index is 11.8. The van der Waals surface area contributed by atoms with Crippen molar-refractivity contribution < 1.29 is 13.2 Å². The van der Waals surface area contributed by atoms with Crippen molar-refractivity contribution in [1.82, 2.24) is 4.72 Å². The molecule has 0 aliphatic heterocycles. The van der Waals surface area contributed by atoms with E-state index in [2.05, 4.69) is 10.0 Å². The van der Waals surface area contributed by atoms with Crippen molar-refractivity contribution in [2.75, 3.05) is 5.32 Å². The topological polar surface area (TPSA) is 75.3 Å². The van der Waals surface area contributed by atoms with Crippen LogP contribution in [0, 0.1) is 0 Å². The predicted molar refractivity (Wildman–Crippen MR) is 61.6 cm³/mol. The van der Waals surface area contributed by atoms with E-state index in [1.165, 1.54) is 12.1 Å². The minimum absolute atomic E-state index is 0.132. The molecule has 88 valence electrons. The van der Waals surface area contributed by atoms with Gasteiger partial charge in [-0.05, 0) is 32.0 Å². The van der Waals surface area contributed by atoms with Crippen LogP contribution in [0.1, 0.15) is 13.8 Å². The largest absolute Gasteiger partial charge is 0.329 e. The molecule has 0 saturated carbocycles. The van der Waals surface area contributed by atoms with Crippen LogP contribution in [0.25, 0.3) is 0 Å². The minimum atomic E-state index is -3.51. The summed E-state index contributed by atoms with van der Waals surface area (Å²) in [5, 5.41) is 2.40. The van der Waals surface area contributed by atoms with Crippen LogP contribution in [-0.4, -0.2) is 20.9 Å². The number of hydrogen-bond donors (Lipinski definition) is 2. The molecule has 0 radical (unpaired) electrons. The van der Waals surface area contributed by atoms with Crippen LogP contribution in [0.4, 0.5) is 5.69 Å². The van der Waals surface area contributed by atoms with Crippen LogP contribution in [-0.2, 0) is 14.8 Å². The molecule has 0 saturated heterocycles. The molecule has 0 aliphatic carbocycles. The van der Waals surface area contributed by atoms with Gasteiger partial charge < -0.3 is 5.32 Å². The summed E-state index contributed by atoms with van der Waals surface area (Å²) in [6.45, 7) is 3.48. The van der Waals surface area contributed by atoms with E-state index < -0.39 is 10.0 Å². The first-order valence-electron chi connectivity index (χ1n) is 4.78. The van der Waals surface area contributed by atoms with Crippen molar-refractivity contribution in [3.8, 4) is 0 Å². The van der Waals surface area contributed by atoms with E-state index in [0.717, 1.165) is 0 Å². The molecule has 0 aromatic heterocycles. The summed E-state index contributed by atoms with van der Waals surface area (Å²) in [7, 11) is -3.51.